The number of para-hydroxylation sites is 2. The first-order valence-corrected chi connectivity index (χ1v) is 16.2. The molecule has 0 bridgehead atoms. The van der Waals surface area contributed by atoms with Crippen LogP contribution < -0.4 is 5.69 Å². The van der Waals surface area contributed by atoms with Crippen molar-refractivity contribution in [2.24, 2.45) is 0 Å². The summed E-state index contributed by atoms with van der Waals surface area (Å²) in [6, 6.07) is 19.5. The van der Waals surface area contributed by atoms with Crippen LogP contribution >= 0.6 is 0 Å². The molecule has 190 valence electrons. The number of aryl methyl sites for hydroxylation is 1. The molecule has 0 N–H and O–H groups in total. The van der Waals surface area contributed by atoms with E-state index in [1.807, 2.05) is 47.9 Å². The molecule has 37 heavy (non-hydrogen) atoms. The fraction of sp³-hybridized carbons (Fsp3) is 0.286. The van der Waals surface area contributed by atoms with E-state index in [2.05, 4.69) is 29.6 Å². The fourth-order valence-electron chi connectivity index (χ4n) is 4.43. The summed E-state index contributed by atoms with van der Waals surface area (Å²) in [5.74, 6) is 0.140. The number of ether oxygens (including phenoxy) is 1. The molecule has 0 radical (unpaired) electrons. The van der Waals surface area contributed by atoms with Gasteiger partial charge in [-0.2, -0.15) is 0 Å². The van der Waals surface area contributed by atoms with Gasteiger partial charge in [0.1, 0.15) is 6.73 Å². The van der Waals surface area contributed by atoms with E-state index < -0.39 is 8.07 Å². The number of carbonyl (C=O) groups is 1. The van der Waals surface area contributed by atoms with Gasteiger partial charge >= 0.3 is 5.69 Å². The molecule has 0 aliphatic heterocycles. The Balaban J connectivity index is 1.47. The Morgan fingerprint density at radius 1 is 0.946 bits per heavy atom. The molecule has 3 aromatic heterocycles. The van der Waals surface area contributed by atoms with Crippen LogP contribution in [-0.4, -0.2) is 44.1 Å². The van der Waals surface area contributed by atoms with Gasteiger partial charge in [-0.1, -0.05) is 31.8 Å². The predicted molar refractivity (Wildman–Crippen MR) is 148 cm³/mol. The second kappa shape index (κ2) is 9.91. The molecular formula is C28H31N5O3Si. The van der Waals surface area contributed by atoms with Crippen molar-refractivity contribution in [3.63, 3.8) is 0 Å². The van der Waals surface area contributed by atoms with E-state index in [-0.39, 0.29) is 18.2 Å². The summed E-state index contributed by atoms with van der Waals surface area (Å²) in [5.41, 5.74) is 3.96. The molecule has 2 aromatic carbocycles. The number of hydrogen-bond acceptors (Lipinski definition) is 5. The quantitative estimate of drug-likeness (QED) is 0.156. The SMILES string of the molecule is CCn1c(=O)n(-c2ccc(C(=O)c3nc4ccccc4n3COCC[Si](C)(C)C)cc2)c2ncccc21. The van der Waals surface area contributed by atoms with Crippen molar-refractivity contribution >= 4 is 36.1 Å². The molecule has 0 atom stereocenters. The third-order valence-electron chi connectivity index (χ3n) is 6.47. The molecule has 0 saturated carbocycles. The summed E-state index contributed by atoms with van der Waals surface area (Å²) in [5, 5.41) is 0. The molecule has 3 heterocycles. The van der Waals surface area contributed by atoms with Gasteiger partial charge in [-0.3, -0.25) is 13.9 Å². The van der Waals surface area contributed by atoms with Crippen molar-refractivity contribution in [3.05, 3.63) is 88.7 Å². The highest BCUT2D eigenvalue weighted by Gasteiger charge is 2.21. The van der Waals surface area contributed by atoms with E-state index in [9.17, 15) is 9.59 Å². The van der Waals surface area contributed by atoms with E-state index in [1.54, 1.807) is 39.6 Å². The molecule has 5 rings (SSSR count). The number of benzene rings is 2. The second-order valence-corrected chi connectivity index (χ2v) is 15.9. The minimum Gasteiger partial charge on any atom is -0.361 e. The maximum absolute atomic E-state index is 13.6. The summed E-state index contributed by atoms with van der Waals surface area (Å²) < 4.78 is 11.1. The Bertz CT molecular complexity index is 1640. The Morgan fingerprint density at radius 2 is 1.68 bits per heavy atom. The van der Waals surface area contributed by atoms with Crippen molar-refractivity contribution in [1.82, 2.24) is 23.7 Å². The first-order chi connectivity index (χ1) is 17.8. The van der Waals surface area contributed by atoms with Crippen molar-refractivity contribution in [2.75, 3.05) is 6.61 Å². The smallest absolute Gasteiger partial charge is 0.334 e. The largest absolute Gasteiger partial charge is 0.361 e. The number of nitrogens with zero attached hydrogens (tertiary/aromatic N) is 5. The average Bonchev–Trinajstić information content (AvgIpc) is 3.40. The number of aromatic nitrogens is 5. The lowest BCUT2D eigenvalue weighted by atomic mass is 10.1. The van der Waals surface area contributed by atoms with Crippen LogP contribution in [0.25, 0.3) is 27.9 Å². The van der Waals surface area contributed by atoms with Gasteiger partial charge < -0.3 is 4.74 Å². The Kier molecular flexibility index (Phi) is 6.66. The third-order valence-corrected chi connectivity index (χ3v) is 8.17. The first kappa shape index (κ1) is 24.9. The molecule has 0 amide bonds. The van der Waals surface area contributed by atoms with Crippen LogP contribution in [0, 0.1) is 0 Å². The maximum atomic E-state index is 13.6. The number of rotatable bonds is 9. The normalized spacial score (nSPS) is 12.0. The van der Waals surface area contributed by atoms with Crippen molar-refractivity contribution < 1.29 is 9.53 Å². The summed E-state index contributed by atoms with van der Waals surface area (Å²) in [4.78, 5) is 35.7. The molecule has 0 saturated heterocycles. The van der Waals surface area contributed by atoms with Crippen LogP contribution in [0.4, 0.5) is 0 Å². The molecule has 0 aliphatic carbocycles. The monoisotopic (exact) mass is 513 g/mol. The third kappa shape index (κ3) is 4.79. The van der Waals surface area contributed by atoms with E-state index in [1.165, 1.54) is 0 Å². The summed E-state index contributed by atoms with van der Waals surface area (Å²) >= 11 is 0. The van der Waals surface area contributed by atoms with Crippen molar-refractivity contribution in [1.29, 1.82) is 0 Å². The maximum Gasteiger partial charge on any atom is 0.334 e. The second-order valence-electron chi connectivity index (χ2n) is 10.3. The molecule has 0 spiro atoms. The van der Waals surface area contributed by atoms with Crippen LogP contribution in [0.5, 0.6) is 0 Å². The average molecular weight is 514 g/mol. The number of ketones is 1. The molecule has 8 nitrogen and oxygen atoms in total. The van der Waals surface area contributed by atoms with Gasteiger partial charge in [0.15, 0.2) is 11.5 Å². The van der Waals surface area contributed by atoms with Gasteiger partial charge in [0.25, 0.3) is 0 Å². The van der Waals surface area contributed by atoms with Gasteiger partial charge in [0.05, 0.1) is 22.2 Å². The molecule has 0 aliphatic rings. The number of hydrogen-bond donors (Lipinski definition) is 0. The zero-order valence-corrected chi connectivity index (χ0v) is 22.6. The summed E-state index contributed by atoms with van der Waals surface area (Å²) in [6.45, 7) is 10.3. The predicted octanol–water partition coefficient (Wildman–Crippen LogP) is 5.10. The zero-order valence-electron chi connectivity index (χ0n) is 21.6. The molecule has 0 unspecified atom stereocenters. The summed E-state index contributed by atoms with van der Waals surface area (Å²) in [7, 11) is -1.22. The van der Waals surface area contributed by atoms with Gasteiger partial charge in [-0.05, 0) is 61.5 Å². The van der Waals surface area contributed by atoms with Gasteiger partial charge in [-0.15, -0.1) is 0 Å². The lowest BCUT2D eigenvalue weighted by Crippen LogP contribution is -2.23. The first-order valence-electron chi connectivity index (χ1n) is 12.5. The van der Waals surface area contributed by atoms with E-state index in [4.69, 9.17) is 4.74 Å². The number of carbonyl (C=O) groups excluding carboxylic acids is 1. The standard InChI is InChI=1S/C28H31N5O3Si/c1-5-31-24-11-8-16-29-26(24)33(28(31)35)21-14-12-20(13-15-21)25(34)27-30-22-9-6-7-10-23(22)32(27)19-36-17-18-37(2,3)4/h6-16H,5,17-19H2,1-4H3. The molecule has 5 aromatic rings. The van der Waals surface area contributed by atoms with Crippen LogP contribution in [0.3, 0.4) is 0 Å². The molecule has 0 fully saturated rings. The lowest BCUT2D eigenvalue weighted by molar-refractivity contribution is 0.0834. The van der Waals surface area contributed by atoms with E-state index in [0.717, 1.165) is 22.6 Å². The van der Waals surface area contributed by atoms with E-state index in [0.29, 0.717) is 35.9 Å². The summed E-state index contributed by atoms with van der Waals surface area (Å²) in [6.07, 6.45) is 1.67. The van der Waals surface area contributed by atoms with Crippen LogP contribution in [0.15, 0.2) is 71.7 Å². The number of fused-ring (bicyclic) bond motifs is 2. The van der Waals surface area contributed by atoms with Gasteiger partial charge in [-0.25, -0.2) is 19.3 Å². The highest BCUT2D eigenvalue weighted by atomic mass is 28.3. The van der Waals surface area contributed by atoms with Crippen LogP contribution in [0.2, 0.25) is 25.7 Å². The minimum atomic E-state index is -1.22. The Morgan fingerprint density at radius 3 is 2.41 bits per heavy atom. The molecular weight excluding hydrogens is 482 g/mol. The highest BCUT2D eigenvalue weighted by Crippen LogP contribution is 2.21. The topological polar surface area (TPSA) is 83.9 Å². The van der Waals surface area contributed by atoms with Gasteiger partial charge in [0, 0.05) is 33.0 Å². The van der Waals surface area contributed by atoms with Crippen LogP contribution in [0.1, 0.15) is 23.1 Å². The Hall–Kier alpha value is -3.82. The minimum absolute atomic E-state index is 0.160. The molecule has 9 heteroatoms. The van der Waals surface area contributed by atoms with E-state index >= 15 is 0 Å². The van der Waals surface area contributed by atoms with Gasteiger partial charge in [0.2, 0.25) is 5.78 Å². The number of imidazole rings is 2. The fourth-order valence-corrected chi connectivity index (χ4v) is 5.19. The van der Waals surface area contributed by atoms with Crippen molar-refractivity contribution in [3.8, 4) is 5.69 Å². The lowest BCUT2D eigenvalue weighted by Gasteiger charge is -2.16. The Labute approximate surface area is 216 Å². The number of pyridine rings is 1. The highest BCUT2D eigenvalue weighted by molar-refractivity contribution is 6.76. The van der Waals surface area contributed by atoms with Crippen molar-refractivity contribution in [2.45, 2.75) is 45.9 Å². The zero-order chi connectivity index (χ0) is 26.2. The van der Waals surface area contributed by atoms with Crippen LogP contribution in [-0.2, 0) is 18.0 Å².